The molecule has 3 saturated heterocycles. The first-order chi connectivity index (χ1) is 39.8. The van der Waals surface area contributed by atoms with Gasteiger partial charge in [0.2, 0.25) is 0 Å². The van der Waals surface area contributed by atoms with E-state index >= 15 is 0 Å². The van der Waals surface area contributed by atoms with Crippen molar-refractivity contribution >= 4 is 39.6 Å². The van der Waals surface area contributed by atoms with Crippen molar-refractivity contribution in [3.8, 4) is 0 Å². The predicted octanol–water partition coefficient (Wildman–Crippen LogP) is 14.4. The third kappa shape index (κ3) is 35.7. The summed E-state index contributed by atoms with van der Waals surface area (Å²) in [6, 6.07) is 0. The van der Waals surface area contributed by atoms with Gasteiger partial charge in [-0.3, -0.25) is 0 Å². The maximum Gasteiger partial charge on any atom is 0.615 e. The van der Waals surface area contributed by atoms with Crippen LogP contribution in [0.4, 0.5) is 0 Å². The van der Waals surface area contributed by atoms with Gasteiger partial charge < -0.3 is 57.3 Å². The topological polar surface area (TPSA) is 112 Å². The van der Waals surface area contributed by atoms with Gasteiger partial charge in [-0.2, -0.15) is 0 Å². The Morgan fingerprint density at radius 2 is 0.494 bits per heavy atom. The first-order valence-electron chi connectivity index (χ1n) is 34.7. The van der Waals surface area contributed by atoms with Crippen LogP contribution < -0.4 is 0 Å². The summed E-state index contributed by atoms with van der Waals surface area (Å²) in [4.78, 5) is 29.4. The lowest BCUT2D eigenvalue weighted by Gasteiger charge is -2.23. The van der Waals surface area contributed by atoms with Crippen molar-refractivity contribution in [1.82, 2.24) is 29.4 Å². The fourth-order valence-corrected chi connectivity index (χ4v) is 11.2. The second-order valence-corrected chi connectivity index (χ2v) is 23.9. The Labute approximate surface area is 501 Å². The summed E-state index contributed by atoms with van der Waals surface area (Å²) >= 11 is 0. The first kappa shape index (κ1) is 73.0. The first-order valence-corrected chi connectivity index (χ1v) is 34.7. The van der Waals surface area contributed by atoms with Gasteiger partial charge >= 0.3 is 21.8 Å². The number of rotatable bonds is 57. The fourth-order valence-electron chi connectivity index (χ4n) is 11.2. The zero-order chi connectivity index (χ0) is 58.1. The molecule has 0 saturated carbocycles. The molecule has 15 nitrogen and oxygen atoms in total. The quantitative estimate of drug-likeness (QED) is 0.0427. The molecule has 0 aromatic carbocycles. The molecule has 3 fully saturated rings. The van der Waals surface area contributed by atoms with Crippen LogP contribution in [0.1, 0.15) is 272 Å². The highest BCUT2D eigenvalue weighted by molar-refractivity contribution is 6.45. The highest BCUT2D eigenvalue weighted by Crippen LogP contribution is 2.18. The Morgan fingerprint density at radius 3 is 0.753 bits per heavy atom. The number of guanidine groups is 3. The average Bonchev–Trinajstić information content (AvgIpc) is 4.14. The van der Waals surface area contributed by atoms with Crippen LogP contribution in [-0.4, -0.2) is 189 Å². The molecule has 3 aliphatic rings. The van der Waals surface area contributed by atoms with Gasteiger partial charge in [-0.25, -0.2) is 14.7 Å². The van der Waals surface area contributed by atoms with E-state index in [1.165, 1.54) is 212 Å². The predicted molar refractivity (Wildman–Crippen MR) is 347 cm³/mol. The SMILES string of the molecule is CCCCCCCCCCCCN1CCN(C)C1=NB(OCC)OCCCOB(N=C1N(C)CCN1CCCCCCCCCCCC)OCCCOB(N=C1N(C)CCN1CCCCCCCCCCCC)OCCCCCCC. The van der Waals surface area contributed by atoms with E-state index < -0.39 is 21.8 Å². The largest absolute Gasteiger partial charge is 0.615 e. The number of hydrogen-bond acceptors (Lipinski definition) is 9. The normalized spacial score (nSPS) is 16.4. The highest BCUT2D eigenvalue weighted by atomic mass is 16.6. The molecule has 0 bridgehead atoms. The Morgan fingerprint density at radius 1 is 0.272 bits per heavy atom. The van der Waals surface area contributed by atoms with E-state index in [0.717, 1.165) is 89.6 Å². The van der Waals surface area contributed by atoms with E-state index in [1.807, 2.05) is 6.92 Å². The van der Waals surface area contributed by atoms with E-state index in [2.05, 4.69) is 78.2 Å². The van der Waals surface area contributed by atoms with Crippen LogP contribution in [0.3, 0.4) is 0 Å². The molecule has 0 amide bonds. The molecule has 3 heterocycles. The van der Waals surface area contributed by atoms with Gasteiger partial charge in [0.25, 0.3) is 0 Å². The number of unbranched alkanes of at least 4 members (excludes halogenated alkanes) is 31. The average molecular weight is 1140 g/mol. The molecule has 0 aliphatic carbocycles. The smallest absolute Gasteiger partial charge is 0.391 e. The van der Waals surface area contributed by atoms with E-state index in [9.17, 15) is 0 Å². The van der Waals surface area contributed by atoms with E-state index in [1.54, 1.807) is 0 Å². The van der Waals surface area contributed by atoms with Crippen LogP contribution in [0.15, 0.2) is 14.7 Å². The minimum Gasteiger partial charge on any atom is -0.391 e. The molecule has 3 aliphatic heterocycles. The Hall–Kier alpha value is -2.24. The molecule has 0 unspecified atom stereocenters. The molecule has 81 heavy (non-hydrogen) atoms. The number of nitrogens with zero attached hydrogens (tertiary/aromatic N) is 9. The highest BCUT2D eigenvalue weighted by Gasteiger charge is 2.31. The molecule has 0 radical (unpaired) electrons. The van der Waals surface area contributed by atoms with Crippen LogP contribution in [0.5, 0.6) is 0 Å². The van der Waals surface area contributed by atoms with Gasteiger partial charge in [-0.15, -0.1) is 0 Å². The molecule has 0 spiro atoms. The van der Waals surface area contributed by atoms with Gasteiger partial charge in [0.1, 0.15) is 0 Å². The monoisotopic (exact) mass is 1140 g/mol. The summed E-state index contributed by atoms with van der Waals surface area (Å²) in [5.41, 5.74) is 0. The summed E-state index contributed by atoms with van der Waals surface area (Å²) in [6.45, 7) is 22.9. The summed E-state index contributed by atoms with van der Waals surface area (Å²) in [7, 11) is 4.33. The fraction of sp³-hybridized carbons (Fsp3) is 0.952. The zero-order valence-corrected chi connectivity index (χ0v) is 54.5. The summed E-state index contributed by atoms with van der Waals surface area (Å²) in [5.74, 6) is 2.91. The molecular formula is C63H128B3N9O6. The maximum atomic E-state index is 6.51. The van der Waals surface area contributed by atoms with Crippen molar-refractivity contribution in [2.75, 3.05) is 120 Å². The second-order valence-electron chi connectivity index (χ2n) is 23.9. The number of likely N-dealkylation sites (N-methyl/N-ethyl adjacent to an activating group) is 3. The molecular weight excluding hydrogens is 1010 g/mol. The lowest BCUT2D eigenvalue weighted by Crippen LogP contribution is -2.37. The molecule has 470 valence electrons. The molecule has 0 atom stereocenters. The molecule has 0 N–H and O–H groups in total. The number of hydrogen-bond donors (Lipinski definition) is 0. The van der Waals surface area contributed by atoms with E-state index in [0.29, 0.717) is 52.5 Å². The van der Waals surface area contributed by atoms with Crippen LogP contribution in [-0.2, 0) is 27.9 Å². The third-order valence-corrected chi connectivity index (χ3v) is 16.4. The molecule has 0 aromatic heterocycles. The van der Waals surface area contributed by atoms with Crippen molar-refractivity contribution in [2.24, 2.45) is 14.7 Å². The Balaban J connectivity index is 1.59. The lowest BCUT2D eigenvalue weighted by atomic mass is 10.1. The summed E-state index contributed by atoms with van der Waals surface area (Å²) in [6.07, 6.45) is 47.2. The van der Waals surface area contributed by atoms with Crippen LogP contribution >= 0.6 is 0 Å². The van der Waals surface area contributed by atoms with Crippen molar-refractivity contribution in [2.45, 2.75) is 272 Å². The molecule has 3 rings (SSSR count). The minimum absolute atomic E-state index is 0.426. The lowest BCUT2D eigenvalue weighted by molar-refractivity contribution is 0.150. The second kappa shape index (κ2) is 51.0. The van der Waals surface area contributed by atoms with Gasteiger partial charge in [0.05, 0.1) is 0 Å². The van der Waals surface area contributed by atoms with Gasteiger partial charge in [0, 0.05) is 120 Å². The van der Waals surface area contributed by atoms with Crippen molar-refractivity contribution in [1.29, 1.82) is 0 Å². The minimum atomic E-state index is -0.757. The zero-order valence-electron chi connectivity index (χ0n) is 54.5. The van der Waals surface area contributed by atoms with Crippen molar-refractivity contribution < 1.29 is 27.9 Å². The van der Waals surface area contributed by atoms with E-state index in [-0.39, 0.29) is 0 Å². The Kier molecular flexibility index (Phi) is 46.0. The van der Waals surface area contributed by atoms with Crippen LogP contribution in [0, 0.1) is 0 Å². The maximum absolute atomic E-state index is 6.51. The summed E-state index contributed by atoms with van der Waals surface area (Å²) < 4.78 is 38.2. The van der Waals surface area contributed by atoms with Crippen LogP contribution in [0.2, 0.25) is 0 Å². The van der Waals surface area contributed by atoms with Crippen molar-refractivity contribution in [3.63, 3.8) is 0 Å². The Bertz CT molecular complexity index is 1550. The van der Waals surface area contributed by atoms with Gasteiger partial charge in [-0.1, -0.05) is 227 Å². The van der Waals surface area contributed by atoms with Crippen LogP contribution in [0.25, 0.3) is 0 Å². The van der Waals surface area contributed by atoms with Gasteiger partial charge in [-0.05, 0) is 45.4 Å². The van der Waals surface area contributed by atoms with E-state index in [4.69, 9.17) is 42.6 Å². The van der Waals surface area contributed by atoms with Crippen molar-refractivity contribution in [3.05, 3.63) is 0 Å². The molecule has 0 aromatic rings. The summed E-state index contributed by atoms with van der Waals surface area (Å²) in [5, 5.41) is 0. The molecule has 18 heteroatoms. The standard InChI is InChI=1S/C63H128B3N9O6/c1-9-14-18-22-25-28-31-34-37-41-47-73-53-50-70(6)61(73)67-64(76-13-5)78-57-45-58-80-66(69-63-72(8)52-55-75(63)49-43-39-36-33-30-27-24-20-16-11-3)81-60-46-59-79-65(77-56-44-40-21-17-12-4)68-62-71(7)51-54-74(62)48-42-38-35-32-29-26-23-19-15-10-2/h9-60H2,1-8H3. The van der Waals surface area contributed by atoms with Gasteiger partial charge in [0.15, 0.2) is 17.9 Å². The third-order valence-electron chi connectivity index (χ3n) is 16.4.